The van der Waals surface area contributed by atoms with Gasteiger partial charge in [-0.25, -0.2) is 8.78 Å². The highest BCUT2D eigenvalue weighted by Crippen LogP contribution is 2.31. The predicted molar refractivity (Wildman–Crippen MR) is 38.0 cm³/mol. The summed E-state index contributed by atoms with van der Waals surface area (Å²) in [7, 11) is 0. The normalized spacial score (nSPS) is 10.6. The summed E-state index contributed by atoms with van der Waals surface area (Å²) < 4.78 is 52.2. The van der Waals surface area contributed by atoms with Crippen molar-refractivity contribution in [2.75, 3.05) is 0 Å². The van der Waals surface area contributed by atoms with Gasteiger partial charge < -0.3 is 4.74 Å². The smallest absolute Gasteiger partial charge is 0.387 e. The molecule has 13 heavy (non-hydrogen) atoms. The number of hydrogen-bond donors (Lipinski definition) is 0. The first-order chi connectivity index (χ1) is 6.02. The van der Waals surface area contributed by atoms with Crippen LogP contribution in [0.1, 0.15) is 0 Å². The summed E-state index contributed by atoms with van der Waals surface area (Å²) in [5.41, 5.74) is 0. The molecule has 0 bridgehead atoms. The molecular weight excluding hydrogens is 212 g/mol. The van der Waals surface area contributed by atoms with Crippen molar-refractivity contribution >= 4 is 11.6 Å². The molecule has 0 N–H and O–H groups in total. The van der Waals surface area contributed by atoms with Gasteiger partial charge in [0.2, 0.25) is 0 Å². The maximum atomic E-state index is 12.7. The summed E-state index contributed by atoms with van der Waals surface area (Å²) in [6, 6.07) is 1.37. The van der Waals surface area contributed by atoms with Gasteiger partial charge in [-0.2, -0.15) is 8.78 Å². The van der Waals surface area contributed by atoms with Crippen LogP contribution in [0, 0.1) is 11.6 Å². The highest BCUT2D eigenvalue weighted by atomic mass is 35.5. The standard InChI is InChI=1S/C7H3ClF4O/c8-5-3(9)1-2-4(10)6(5)13-7(11)12/h1-2,7H. The summed E-state index contributed by atoms with van der Waals surface area (Å²) in [4.78, 5) is 0. The van der Waals surface area contributed by atoms with Crippen molar-refractivity contribution in [3.63, 3.8) is 0 Å². The van der Waals surface area contributed by atoms with Gasteiger partial charge in [-0.1, -0.05) is 11.6 Å². The number of alkyl halides is 2. The summed E-state index contributed by atoms with van der Waals surface area (Å²) in [5, 5.41) is -0.791. The van der Waals surface area contributed by atoms with E-state index in [0.717, 1.165) is 6.07 Å². The zero-order valence-corrected chi connectivity index (χ0v) is 6.79. The Hall–Kier alpha value is -0.970. The van der Waals surface area contributed by atoms with E-state index in [1.165, 1.54) is 0 Å². The molecule has 0 saturated heterocycles. The van der Waals surface area contributed by atoms with Crippen molar-refractivity contribution in [2.45, 2.75) is 6.61 Å². The van der Waals surface area contributed by atoms with E-state index in [-0.39, 0.29) is 0 Å². The fourth-order valence-corrected chi connectivity index (χ4v) is 0.903. The average molecular weight is 215 g/mol. The Morgan fingerprint density at radius 3 is 2.23 bits per heavy atom. The van der Waals surface area contributed by atoms with Crippen LogP contribution in [0.5, 0.6) is 5.75 Å². The molecule has 1 nitrogen and oxygen atoms in total. The second-order valence-corrected chi connectivity index (χ2v) is 2.43. The Kier molecular flexibility index (Phi) is 2.98. The van der Waals surface area contributed by atoms with Gasteiger partial charge in [0.05, 0.1) is 0 Å². The molecule has 1 aromatic rings. The number of hydrogen-bond acceptors (Lipinski definition) is 1. The van der Waals surface area contributed by atoms with Crippen LogP contribution in [0.4, 0.5) is 17.6 Å². The average Bonchev–Trinajstić information content (AvgIpc) is 2.05. The van der Waals surface area contributed by atoms with Crippen molar-refractivity contribution < 1.29 is 22.3 Å². The van der Waals surface area contributed by atoms with Gasteiger partial charge in [0.25, 0.3) is 0 Å². The molecule has 0 amide bonds. The molecule has 0 aliphatic carbocycles. The van der Waals surface area contributed by atoms with Gasteiger partial charge in [0, 0.05) is 0 Å². The maximum Gasteiger partial charge on any atom is 0.387 e. The minimum atomic E-state index is -3.24. The molecule has 0 saturated carbocycles. The first kappa shape index (κ1) is 10.1. The molecule has 0 unspecified atom stereocenters. The molecule has 1 aromatic carbocycles. The zero-order chi connectivity index (χ0) is 10.0. The third-order valence-corrected chi connectivity index (χ3v) is 1.56. The van der Waals surface area contributed by atoms with Crippen LogP contribution in [0.15, 0.2) is 12.1 Å². The van der Waals surface area contributed by atoms with Crippen LogP contribution in [0.3, 0.4) is 0 Å². The Morgan fingerprint density at radius 2 is 1.69 bits per heavy atom. The molecule has 0 radical (unpaired) electrons. The minimum Gasteiger partial charge on any atom is -0.430 e. The fourth-order valence-electron chi connectivity index (χ4n) is 0.706. The number of rotatable bonds is 2. The monoisotopic (exact) mass is 214 g/mol. The molecular formula is C7H3ClF4O. The molecule has 0 atom stereocenters. The van der Waals surface area contributed by atoms with E-state index < -0.39 is 29.0 Å². The van der Waals surface area contributed by atoms with E-state index >= 15 is 0 Å². The molecule has 1 rings (SSSR count). The number of ether oxygens (including phenoxy) is 1. The molecule has 6 heteroatoms. The highest BCUT2D eigenvalue weighted by molar-refractivity contribution is 6.32. The van der Waals surface area contributed by atoms with E-state index in [1.807, 2.05) is 0 Å². The van der Waals surface area contributed by atoms with Gasteiger partial charge in [0.1, 0.15) is 10.8 Å². The summed E-state index contributed by atoms with van der Waals surface area (Å²) in [6.45, 7) is -3.24. The van der Waals surface area contributed by atoms with Crippen molar-refractivity contribution in [1.29, 1.82) is 0 Å². The maximum absolute atomic E-state index is 12.7. The Bertz CT molecular complexity index is 316. The molecule has 0 heterocycles. The second kappa shape index (κ2) is 3.83. The third kappa shape index (κ3) is 2.24. The molecule has 72 valence electrons. The van der Waals surface area contributed by atoms with Crippen LogP contribution < -0.4 is 4.74 Å². The lowest BCUT2D eigenvalue weighted by Crippen LogP contribution is -2.04. The largest absolute Gasteiger partial charge is 0.430 e. The zero-order valence-electron chi connectivity index (χ0n) is 6.03. The van der Waals surface area contributed by atoms with Crippen LogP contribution in [0.25, 0.3) is 0 Å². The Balaban J connectivity index is 3.10. The van der Waals surface area contributed by atoms with Gasteiger partial charge in [0.15, 0.2) is 11.6 Å². The van der Waals surface area contributed by atoms with Crippen molar-refractivity contribution in [3.8, 4) is 5.75 Å². The van der Waals surface area contributed by atoms with Crippen molar-refractivity contribution in [2.24, 2.45) is 0 Å². The van der Waals surface area contributed by atoms with E-state index in [0.29, 0.717) is 6.07 Å². The molecule has 0 fully saturated rings. The Labute approximate surface area is 75.9 Å². The van der Waals surface area contributed by atoms with Gasteiger partial charge in [-0.15, -0.1) is 0 Å². The van der Waals surface area contributed by atoms with Crippen LogP contribution >= 0.6 is 11.6 Å². The van der Waals surface area contributed by atoms with E-state index in [1.54, 1.807) is 0 Å². The number of benzene rings is 1. The quantitative estimate of drug-likeness (QED) is 0.543. The van der Waals surface area contributed by atoms with E-state index in [2.05, 4.69) is 4.74 Å². The van der Waals surface area contributed by atoms with Gasteiger partial charge in [-0.3, -0.25) is 0 Å². The predicted octanol–water partition coefficient (Wildman–Crippen LogP) is 3.22. The van der Waals surface area contributed by atoms with E-state index in [9.17, 15) is 17.6 Å². The molecule has 0 aromatic heterocycles. The fraction of sp³-hybridized carbons (Fsp3) is 0.143. The Morgan fingerprint density at radius 1 is 1.15 bits per heavy atom. The summed E-state index contributed by atoms with van der Waals surface area (Å²) in [5.74, 6) is -3.12. The van der Waals surface area contributed by atoms with Crippen LogP contribution in [0.2, 0.25) is 5.02 Å². The molecule has 0 spiro atoms. The lowest BCUT2D eigenvalue weighted by Gasteiger charge is -2.07. The molecule has 0 aliphatic rings. The SMILES string of the molecule is Fc1ccc(F)c(OC(F)F)c1Cl. The van der Waals surface area contributed by atoms with Crippen molar-refractivity contribution in [1.82, 2.24) is 0 Å². The summed E-state index contributed by atoms with van der Waals surface area (Å²) in [6.07, 6.45) is 0. The van der Waals surface area contributed by atoms with Crippen LogP contribution in [-0.2, 0) is 0 Å². The van der Waals surface area contributed by atoms with Crippen LogP contribution in [-0.4, -0.2) is 6.61 Å². The number of halogens is 5. The van der Waals surface area contributed by atoms with Gasteiger partial charge >= 0.3 is 6.61 Å². The second-order valence-electron chi connectivity index (χ2n) is 2.05. The lowest BCUT2D eigenvalue weighted by atomic mass is 10.3. The first-order valence-electron chi connectivity index (χ1n) is 3.10. The van der Waals surface area contributed by atoms with E-state index in [4.69, 9.17) is 11.6 Å². The first-order valence-corrected chi connectivity index (χ1v) is 3.48. The topological polar surface area (TPSA) is 9.23 Å². The van der Waals surface area contributed by atoms with Gasteiger partial charge in [-0.05, 0) is 12.1 Å². The minimum absolute atomic E-state index is 0.652. The lowest BCUT2D eigenvalue weighted by molar-refractivity contribution is -0.0522. The third-order valence-electron chi connectivity index (χ3n) is 1.21. The highest BCUT2D eigenvalue weighted by Gasteiger charge is 2.16. The van der Waals surface area contributed by atoms with Crippen molar-refractivity contribution in [3.05, 3.63) is 28.8 Å². The molecule has 0 aliphatic heterocycles. The summed E-state index contributed by atoms with van der Waals surface area (Å²) >= 11 is 5.17.